The van der Waals surface area contributed by atoms with E-state index in [1.165, 1.54) is 10.9 Å². The smallest absolute Gasteiger partial charge is 0.139 e. The van der Waals surface area contributed by atoms with Crippen LogP contribution in [0.25, 0.3) is 16.7 Å². The minimum Gasteiger partial charge on any atom is -0.313 e. The van der Waals surface area contributed by atoms with Crippen LogP contribution in [0.2, 0.25) is 0 Å². The molecule has 0 saturated carbocycles. The van der Waals surface area contributed by atoms with E-state index in [2.05, 4.69) is 41.5 Å². The van der Waals surface area contributed by atoms with Crippen molar-refractivity contribution in [1.82, 2.24) is 19.9 Å². The first kappa shape index (κ1) is 13.8. The molecule has 0 aliphatic heterocycles. The molecule has 4 heteroatoms. The first-order valence-corrected chi connectivity index (χ1v) is 7.39. The maximum Gasteiger partial charge on any atom is 0.139 e. The van der Waals surface area contributed by atoms with E-state index in [-0.39, 0.29) is 0 Å². The van der Waals surface area contributed by atoms with Crippen molar-refractivity contribution in [3.05, 3.63) is 54.1 Å². The maximum absolute atomic E-state index is 4.76. The number of aromatic nitrogens is 3. The first-order chi connectivity index (χ1) is 10.3. The Balaban J connectivity index is 2.08. The summed E-state index contributed by atoms with van der Waals surface area (Å²) in [4.78, 5) is 9.05. The van der Waals surface area contributed by atoms with E-state index in [0.29, 0.717) is 0 Å². The van der Waals surface area contributed by atoms with Crippen molar-refractivity contribution in [3.8, 4) is 5.82 Å². The van der Waals surface area contributed by atoms with Gasteiger partial charge in [0.1, 0.15) is 11.6 Å². The number of imidazole rings is 1. The minimum absolute atomic E-state index is 0.859. The van der Waals surface area contributed by atoms with E-state index in [9.17, 15) is 0 Å². The highest BCUT2D eigenvalue weighted by Crippen LogP contribution is 2.21. The number of nitrogens with zero attached hydrogens (tertiary/aromatic N) is 3. The molecule has 108 valence electrons. The lowest BCUT2D eigenvalue weighted by Crippen LogP contribution is -2.14. The lowest BCUT2D eigenvalue weighted by molar-refractivity contribution is 0.677. The Hall–Kier alpha value is -2.20. The average molecular weight is 280 g/mol. The van der Waals surface area contributed by atoms with Gasteiger partial charge in [0, 0.05) is 24.3 Å². The molecule has 0 bridgehead atoms. The standard InChI is InChI=1S/C17H20N4/c1-3-8-18-12-14-11-17(21-10-9-19-13(21)2)20-16-7-5-4-6-15(14)16/h4-7,9-11,18H,3,8,12H2,1-2H3. The predicted molar refractivity (Wildman–Crippen MR) is 85.6 cm³/mol. The van der Waals surface area contributed by atoms with Crippen LogP contribution in [-0.4, -0.2) is 21.1 Å². The highest BCUT2D eigenvalue weighted by atomic mass is 15.1. The molecule has 0 amide bonds. The van der Waals surface area contributed by atoms with Crippen molar-refractivity contribution in [2.75, 3.05) is 6.54 Å². The number of para-hydroxylation sites is 1. The fourth-order valence-electron chi connectivity index (χ4n) is 2.52. The van der Waals surface area contributed by atoms with Crippen molar-refractivity contribution in [2.24, 2.45) is 0 Å². The lowest BCUT2D eigenvalue weighted by atomic mass is 10.1. The molecule has 2 heterocycles. The predicted octanol–water partition coefficient (Wildman–Crippen LogP) is 3.23. The summed E-state index contributed by atoms with van der Waals surface area (Å²) in [5.41, 5.74) is 2.30. The van der Waals surface area contributed by atoms with Crippen LogP contribution < -0.4 is 5.32 Å². The number of rotatable bonds is 5. The molecular formula is C17H20N4. The Morgan fingerprint density at radius 1 is 1.24 bits per heavy atom. The van der Waals surface area contributed by atoms with Crippen molar-refractivity contribution in [1.29, 1.82) is 0 Å². The van der Waals surface area contributed by atoms with E-state index < -0.39 is 0 Å². The van der Waals surface area contributed by atoms with Gasteiger partial charge in [-0.25, -0.2) is 9.97 Å². The summed E-state index contributed by atoms with van der Waals surface area (Å²) in [5, 5.41) is 4.69. The van der Waals surface area contributed by atoms with Crippen LogP contribution in [0.4, 0.5) is 0 Å². The van der Waals surface area contributed by atoms with E-state index in [1.54, 1.807) is 6.20 Å². The normalized spacial score (nSPS) is 11.1. The Morgan fingerprint density at radius 2 is 2.10 bits per heavy atom. The zero-order chi connectivity index (χ0) is 14.7. The molecule has 4 nitrogen and oxygen atoms in total. The summed E-state index contributed by atoms with van der Waals surface area (Å²) in [5.74, 6) is 1.88. The average Bonchev–Trinajstić information content (AvgIpc) is 2.93. The molecule has 0 aliphatic rings. The number of fused-ring (bicyclic) bond motifs is 1. The number of hydrogen-bond donors (Lipinski definition) is 1. The Morgan fingerprint density at radius 3 is 2.86 bits per heavy atom. The number of benzene rings is 1. The molecule has 3 aromatic rings. The molecule has 21 heavy (non-hydrogen) atoms. The van der Waals surface area contributed by atoms with Gasteiger partial charge in [-0.15, -0.1) is 0 Å². The monoisotopic (exact) mass is 280 g/mol. The van der Waals surface area contributed by atoms with Crippen molar-refractivity contribution < 1.29 is 0 Å². The highest BCUT2D eigenvalue weighted by molar-refractivity contribution is 5.83. The molecule has 2 aromatic heterocycles. The SMILES string of the molecule is CCCNCc1cc(-n2ccnc2C)nc2ccccc12. The summed E-state index contributed by atoms with van der Waals surface area (Å²) < 4.78 is 2.02. The lowest BCUT2D eigenvalue weighted by Gasteiger charge is -2.11. The number of aryl methyl sites for hydroxylation is 1. The second kappa shape index (κ2) is 6.06. The molecule has 0 spiro atoms. The zero-order valence-electron chi connectivity index (χ0n) is 12.5. The fourth-order valence-corrected chi connectivity index (χ4v) is 2.52. The molecule has 0 saturated heterocycles. The number of pyridine rings is 1. The van der Waals surface area contributed by atoms with Gasteiger partial charge in [0.15, 0.2) is 0 Å². The van der Waals surface area contributed by atoms with Crippen LogP contribution in [0.3, 0.4) is 0 Å². The molecule has 0 atom stereocenters. The van der Waals surface area contributed by atoms with E-state index in [0.717, 1.165) is 36.7 Å². The van der Waals surface area contributed by atoms with Gasteiger partial charge in [0.05, 0.1) is 5.52 Å². The Labute approximate surface area is 124 Å². The van der Waals surface area contributed by atoms with Crippen molar-refractivity contribution >= 4 is 10.9 Å². The summed E-state index contributed by atoms with van der Waals surface area (Å²) in [6, 6.07) is 10.4. The van der Waals surface area contributed by atoms with Gasteiger partial charge < -0.3 is 5.32 Å². The van der Waals surface area contributed by atoms with E-state index >= 15 is 0 Å². The van der Waals surface area contributed by atoms with Crippen LogP contribution in [0.1, 0.15) is 24.7 Å². The van der Waals surface area contributed by atoms with Crippen LogP contribution in [0.15, 0.2) is 42.7 Å². The number of nitrogens with one attached hydrogen (secondary N) is 1. The second-order valence-electron chi connectivity index (χ2n) is 5.18. The Kier molecular flexibility index (Phi) is 3.97. The van der Waals surface area contributed by atoms with Gasteiger partial charge in [0.25, 0.3) is 0 Å². The molecule has 0 radical (unpaired) electrons. The molecule has 0 unspecified atom stereocenters. The molecule has 1 N–H and O–H groups in total. The summed E-state index contributed by atoms with van der Waals surface area (Å²) >= 11 is 0. The van der Waals surface area contributed by atoms with Gasteiger partial charge in [-0.3, -0.25) is 4.57 Å². The maximum atomic E-state index is 4.76. The number of hydrogen-bond acceptors (Lipinski definition) is 3. The molecule has 1 aromatic carbocycles. The van der Waals surface area contributed by atoms with Gasteiger partial charge in [0.2, 0.25) is 0 Å². The van der Waals surface area contributed by atoms with Gasteiger partial charge in [-0.05, 0) is 37.6 Å². The third kappa shape index (κ3) is 2.81. The fraction of sp³-hybridized carbons (Fsp3) is 0.294. The van der Waals surface area contributed by atoms with Crippen LogP contribution in [-0.2, 0) is 6.54 Å². The van der Waals surface area contributed by atoms with Crippen molar-refractivity contribution in [3.63, 3.8) is 0 Å². The zero-order valence-corrected chi connectivity index (χ0v) is 12.5. The second-order valence-corrected chi connectivity index (χ2v) is 5.18. The van der Waals surface area contributed by atoms with Crippen LogP contribution in [0, 0.1) is 6.92 Å². The molecule has 0 fully saturated rings. The molecule has 3 rings (SSSR count). The summed E-state index contributed by atoms with van der Waals surface area (Å²) in [7, 11) is 0. The largest absolute Gasteiger partial charge is 0.313 e. The van der Waals surface area contributed by atoms with Crippen molar-refractivity contribution in [2.45, 2.75) is 26.8 Å². The van der Waals surface area contributed by atoms with E-state index in [1.807, 2.05) is 23.8 Å². The summed E-state index contributed by atoms with van der Waals surface area (Å²) in [6.45, 7) is 6.05. The quantitative estimate of drug-likeness (QED) is 0.730. The summed E-state index contributed by atoms with van der Waals surface area (Å²) in [6.07, 6.45) is 4.90. The van der Waals surface area contributed by atoms with Crippen LogP contribution in [0.5, 0.6) is 0 Å². The van der Waals surface area contributed by atoms with E-state index in [4.69, 9.17) is 4.98 Å². The first-order valence-electron chi connectivity index (χ1n) is 7.39. The molecular weight excluding hydrogens is 260 g/mol. The van der Waals surface area contributed by atoms with Crippen LogP contribution >= 0.6 is 0 Å². The van der Waals surface area contributed by atoms with Gasteiger partial charge in [-0.2, -0.15) is 0 Å². The third-order valence-electron chi connectivity index (χ3n) is 3.60. The van der Waals surface area contributed by atoms with Gasteiger partial charge in [-0.1, -0.05) is 25.1 Å². The molecule has 0 aliphatic carbocycles. The minimum atomic E-state index is 0.859. The van der Waals surface area contributed by atoms with Gasteiger partial charge >= 0.3 is 0 Å². The topological polar surface area (TPSA) is 42.7 Å². The highest BCUT2D eigenvalue weighted by Gasteiger charge is 2.08. The third-order valence-corrected chi connectivity index (χ3v) is 3.60. The Bertz CT molecular complexity index is 745.